The second-order valence-electron chi connectivity index (χ2n) is 9.86. The van der Waals surface area contributed by atoms with Crippen LogP contribution in [0.5, 0.6) is 0 Å². The summed E-state index contributed by atoms with van der Waals surface area (Å²) in [6.45, 7) is 10.5. The molecule has 2 saturated heterocycles. The Morgan fingerprint density at radius 1 is 1.16 bits per heavy atom. The van der Waals surface area contributed by atoms with E-state index in [-0.39, 0.29) is 6.03 Å². The van der Waals surface area contributed by atoms with Gasteiger partial charge >= 0.3 is 6.03 Å². The number of methoxy groups -OCH3 is 1. The molecular weight excluding hydrogens is 490 g/mol. The molecule has 37 heavy (non-hydrogen) atoms. The van der Waals surface area contributed by atoms with Gasteiger partial charge in [-0.25, -0.2) is 14.8 Å². The van der Waals surface area contributed by atoms with Gasteiger partial charge in [0.15, 0.2) is 5.82 Å². The van der Waals surface area contributed by atoms with E-state index in [2.05, 4.69) is 20.9 Å². The zero-order chi connectivity index (χ0) is 25.8. The van der Waals surface area contributed by atoms with E-state index in [0.717, 1.165) is 94.0 Å². The first-order chi connectivity index (χ1) is 18.0. The first kappa shape index (κ1) is 26.1. The minimum Gasteiger partial charge on any atom is -0.383 e. The van der Waals surface area contributed by atoms with Gasteiger partial charge in [-0.1, -0.05) is 0 Å². The number of hydrogen-bond acceptors (Lipinski definition) is 9. The highest BCUT2D eigenvalue weighted by atomic mass is 32.2. The van der Waals surface area contributed by atoms with E-state index in [9.17, 15) is 4.79 Å². The van der Waals surface area contributed by atoms with Crippen LogP contribution >= 0.6 is 11.8 Å². The third kappa shape index (κ3) is 6.17. The van der Waals surface area contributed by atoms with Gasteiger partial charge in [0.05, 0.1) is 30.4 Å². The minimum absolute atomic E-state index is 0.0860. The highest BCUT2D eigenvalue weighted by Gasteiger charge is 2.33. The molecule has 10 nitrogen and oxygen atoms in total. The summed E-state index contributed by atoms with van der Waals surface area (Å²) in [6, 6.07) is 4.15. The number of urea groups is 1. The van der Waals surface area contributed by atoms with Crippen molar-refractivity contribution in [1.82, 2.24) is 29.7 Å². The zero-order valence-electron chi connectivity index (χ0n) is 22.1. The molecular formula is C26H37N7O3S. The molecule has 0 bridgehead atoms. The Hall–Kier alpha value is -2.47. The number of ether oxygens (including phenoxy) is 2. The quantitative estimate of drug-likeness (QED) is 0.537. The Kier molecular flexibility index (Phi) is 8.43. The summed E-state index contributed by atoms with van der Waals surface area (Å²) in [4.78, 5) is 37.0. The number of hydrogen-bond donors (Lipinski definition) is 0. The Morgan fingerprint density at radius 3 is 2.65 bits per heavy atom. The zero-order valence-corrected chi connectivity index (χ0v) is 22.9. The van der Waals surface area contributed by atoms with Crippen LogP contribution in [-0.2, 0) is 15.9 Å². The van der Waals surface area contributed by atoms with Crippen molar-refractivity contribution in [2.24, 2.45) is 0 Å². The van der Waals surface area contributed by atoms with Gasteiger partial charge in [-0.05, 0) is 19.1 Å². The van der Waals surface area contributed by atoms with Gasteiger partial charge in [-0.3, -0.25) is 9.88 Å². The number of amides is 2. The molecule has 0 saturated carbocycles. The van der Waals surface area contributed by atoms with Crippen molar-refractivity contribution in [2.45, 2.75) is 23.5 Å². The Bertz CT molecular complexity index is 1070. The third-order valence-electron chi connectivity index (χ3n) is 7.17. The van der Waals surface area contributed by atoms with Crippen LogP contribution in [0, 0.1) is 6.92 Å². The Balaban J connectivity index is 1.25. The lowest BCUT2D eigenvalue weighted by molar-refractivity contribution is 0.108. The van der Waals surface area contributed by atoms with Crippen LogP contribution in [0.2, 0.25) is 0 Å². The summed E-state index contributed by atoms with van der Waals surface area (Å²) >= 11 is 1.91. The fourth-order valence-electron chi connectivity index (χ4n) is 4.96. The highest BCUT2D eigenvalue weighted by molar-refractivity contribution is 8.00. The largest absolute Gasteiger partial charge is 0.383 e. The molecule has 1 unspecified atom stereocenters. The predicted octanol–water partition coefficient (Wildman–Crippen LogP) is 2.02. The van der Waals surface area contributed by atoms with Crippen molar-refractivity contribution in [3.8, 4) is 11.4 Å². The van der Waals surface area contributed by atoms with Crippen molar-refractivity contribution in [3.63, 3.8) is 0 Å². The number of piperazine rings is 1. The number of pyridine rings is 1. The van der Waals surface area contributed by atoms with E-state index in [4.69, 9.17) is 19.4 Å². The Labute approximate surface area is 223 Å². The summed E-state index contributed by atoms with van der Waals surface area (Å²) in [7, 11) is 3.50. The number of morpholine rings is 1. The van der Waals surface area contributed by atoms with Gasteiger partial charge in [0.25, 0.3) is 0 Å². The first-order valence-corrected chi connectivity index (χ1v) is 13.9. The van der Waals surface area contributed by atoms with Crippen LogP contribution in [0.1, 0.15) is 11.4 Å². The lowest BCUT2D eigenvalue weighted by Gasteiger charge is -2.37. The van der Waals surface area contributed by atoms with Crippen LogP contribution in [0.3, 0.4) is 0 Å². The van der Waals surface area contributed by atoms with Crippen molar-refractivity contribution < 1.29 is 14.3 Å². The first-order valence-electron chi connectivity index (χ1n) is 13.1. The van der Waals surface area contributed by atoms with Crippen LogP contribution < -0.4 is 4.90 Å². The molecule has 3 aliphatic heterocycles. The normalized spacial score (nSPS) is 20.2. The molecule has 0 aromatic carbocycles. The van der Waals surface area contributed by atoms with E-state index >= 15 is 0 Å². The number of anilines is 1. The molecule has 2 aromatic heterocycles. The second kappa shape index (κ2) is 11.9. The Morgan fingerprint density at radius 2 is 1.95 bits per heavy atom. The van der Waals surface area contributed by atoms with Crippen molar-refractivity contribution in [1.29, 1.82) is 0 Å². The monoisotopic (exact) mass is 527 g/mol. The molecule has 3 aliphatic rings. The second-order valence-corrected chi connectivity index (χ2v) is 11.2. The molecule has 0 N–H and O–H groups in total. The molecule has 0 aliphatic carbocycles. The molecule has 0 spiro atoms. The average molecular weight is 528 g/mol. The van der Waals surface area contributed by atoms with Gasteiger partial charge in [0, 0.05) is 95.6 Å². The summed E-state index contributed by atoms with van der Waals surface area (Å²) in [5, 5.41) is 0.419. The number of fused-ring (bicyclic) bond motifs is 1. The number of aromatic nitrogens is 3. The lowest BCUT2D eigenvalue weighted by atomic mass is 10.1. The summed E-state index contributed by atoms with van der Waals surface area (Å²) in [5.74, 6) is 1.78. The van der Waals surface area contributed by atoms with Crippen molar-refractivity contribution in [3.05, 3.63) is 29.7 Å². The third-order valence-corrected chi connectivity index (χ3v) is 8.47. The molecule has 2 aromatic rings. The van der Waals surface area contributed by atoms with Crippen LogP contribution in [0.15, 0.2) is 23.2 Å². The van der Waals surface area contributed by atoms with Crippen LogP contribution in [0.4, 0.5) is 10.6 Å². The average Bonchev–Trinajstić information content (AvgIpc) is 3.34. The SMILES string of the molecule is COCCN(C)C(=O)N1CCN(CC2Cc3nc(-c4ccc(C)nc4)nc(N4CCOCC4)c3S2)CC1. The van der Waals surface area contributed by atoms with Gasteiger partial charge in [0.2, 0.25) is 0 Å². The maximum Gasteiger partial charge on any atom is 0.319 e. The molecule has 11 heteroatoms. The number of carbonyl (C=O) groups excluding carboxylic acids is 1. The van der Waals surface area contributed by atoms with Crippen molar-refractivity contribution in [2.75, 3.05) is 91.2 Å². The topological polar surface area (TPSA) is 87.2 Å². The molecule has 0 radical (unpaired) electrons. The highest BCUT2D eigenvalue weighted by Crippen LogP contribution is 2.43. The fraction of sp³-hybridized carbons (Fsp3) is 0.615. The number of aryl methyl sites for hydroxylation is 1. The van der Waals surface area contributed by atoms with Gasteiger partial charge in [0.1, 0.15) is 5.82 Å². The van der Waals surface area contributed by atoms with Crippen molar-refractivity contribution >= 4 is 23.6 Å². The maximum atomic E-state index is 12.7. The number of likely N-dealkylation sites (N-methyl/N-ethyl adjacent to an activating group) is 1. The standard InChI is InChI=1S/C26H37N7O3S/c1-19-4-5-20(17-27-19)24-28-22-16-21(37-23(22)25(29-24)32-11-14-36-15-12-32)18-31-6-8-33(9-7-31)26(34)30(2)10-13-35-3/h4-5,17,21H,6-16,18H2,1-3H3. The van der Waals surface area contributed by atoms with Crippen LogP contribution in [-0.4, -0.2) is 127 Å². The summed E-state index contributed by atoms with van der Waals surface area (Å²) in [6.07, 6.45) is 2.79. The molecule has 5 rings (SSSR count). The number of carbonyl (C=O) groups is 1. The summed E-state index contributed by atoms with van der Waals surface area (Å²) < 4.78 is 10.7. The maximum absolute atomic E-state index is 12.7. The lowest BCUT2D eigenvalue weighted by Crippen LogP contribution is -2.53. The molecule has 1 atom stereocenters. The molecule has 5 heterocycles. The van der Waals surface area contributed by atoms with Crippen LogP contribution in [0.25, 0.3) is 11.4 Å². The number of rotatable bonds is 7. The predicted molar refractivity (Wildman–Crippen MR) is 144 cm³/mol. The van der Waals surface area contributed by atoms with E-state index in [1.54, 1.807) is 12.0 Å². The molecule has 2 amide bonds. The van der Waals surface area contributed by atoms with Gasteiger partial charge < -0.3 is 24.2 Å². The molecule has 200 valence electrons. The number of thioether (sulfide) groups is 1. The number of nitrogens with zero attached hydrogens (tertiary/aromatic N) is 7. The van der Waals surface area contributed by atoms with E-state index in [1.807, 2.05) is 42.9 Å². The minimum atomic E-state index is 0.0860. The smallest absolute Gasteiger partial charge is 0.319 e. The van der Waals surface area contributed by atoms with Gasteiger partial charge in [-0.2, -0.15) is 0 Å². The van der Waals surface area contributed by atoms with E-state index < -0.39 is 0 Å². The van der Waals surface area contributed by atoms with Gasteiger partial charge in [-0.15, -0.1) is 11.8 Å². The van der Waals surface area contributed by atoms with E-state index in [1.165, 1.54) is 4.90 Å². The van der Waals surface area contributed by atoms with E-state index in [0.29, 0.717) is 18.4 Å². The molecule has 2 fully saturated rings. The summed E-state index contributed by atoms with van der Waals surface area (Å²) in [5.41, 5.74) is 3.07. The fourth-order valence-corrected chi connectivity index (χ4v) is 6.37.